The molecular weight excluding hydrogens is 388 g/mol. The summed E-state index contributed by atoms with van der Waals surface area (Å²) < 4.78 is 2.24. The largest absolute Gasteiger partial charge is 0.376 e. The van der Waals surface area contributed by atoms with E-state index in [2.05, 4.69) is 28.8 Å². The molecule has 0 unspecified atom stereocenters. The van der Waals surface area contributed by atoms with Crippen LogP contribution in [0.1, 0.15) is 47.8 Å². The van der Waals surface area contributed by atoms with E-state index >= 15 is 0 Å². The van der Waals surface area contributed by atoms with Gasteiger partial charge in [-0.2, -0.15) is 0 Å². The Labute approximate surface area is 180 Å². The topological polar surface area (TPSA) is 62.3 Å². The van der Waals surface area contributed by atoms with Gasteiger partial charge in [0.2, 0.25) is 5.71 Å². The predicted octanol–water partition coefficient (Wildman–Crippen LogP) is 3.72. The van der Waals surface area contributed by atoms with Gasteiger partial charge in [0.25, 0.3) is 0 Å². The van der Waals surface area contributed by atoms with Crippen molar-refractivity contribution in [3.63, 3.8) is 0 Å². The first kappa shape index (κ1) is 20.5. The lowest BCUT2D eigenvalue weighted by Gasteiger charge is -2.06. The highest BCUT2D eigenvalue weighted by molar-refractivity contribution is 6.16. The van der Waals surface area contributed by atoms with Crippen LogP contribution in [-0.2, 0) is 16.2 Å². The number of nitrogens with one attached hydrogen (secondary N) is 1. The molecule has 5 heteroatoms. The summed E-state index contributed by atoms with van der Waals surface area (Å²) in [6.07, 6.45) is 0. The van der Waals surface area contributed by atoms with E-state index in [1.807, 2.05) is 62.4 Å². The number of rotatable bonds is 5. The van der Waals surface area contributed by atoms with Crippen molar-refractivity contribution in [2.45, 2.75) is 34.2 Å². The smallest absolute Gasteiger partial charge is 0.341 e. The number of aromatic nitrogens is 1. The molecule has 0 saturated carbocycles. The van der Waals surface area contributed by atoms with E-state index in [-0.39, 0.29) is 5.78 Å². The van der Waals surface area contributed by atoms with Crippen LogP contribution in [0.4, 0.5) is 0 Å². The molecule has 31 heavy (non-hydrogen) atoms. The minimum atomic E-state index is -0.401. The zero-order valence-electron chi connectivity index (χ0n) is 18.2. The standard InChI is InChI=1S/C26H24N2O3/c1-5-28-24-12-10-19(17(3)27-31-18(4)29)14-22(24)23-15-20(11-13-25(23)28)26(30)21-9-7-6-8-16(21)2/h6-15H,5H2,1-4H3/p+1/b27-17+. The Morgan fingerprint density at radius 2 is 1.52 bits per heavy atom. The maximum atomic E-state index is 13.2. The molecule has 0 saturated heterocycles. The lowest BCUT2D eigenvalue weighted by Crippen LogP contribution is -2.72. The number of benzene rings is 3. The van der Waals surface area contributed by atoms with Crippen molar-refractivity contribution in [2.75, 3.05) is 0 Å². The molecule has 0 aliphatic heterocycles. The summed E-state index contributed by atoms with van der Waals surface area (Å²) in [7, 11) is 0. The van der Waals surface area contributed by atoms with Gasteiger partial charge in [0.15, 0.2) is 5.78 Å². The van der Waals surface area contributed by atoms with Gasteiger partial charge in [-0.3, -0.25) is 4.79 Å². The zero-order valence-corrected chi connectivity index (χ0v) is 18.2. The molecule has 0 atom stereocenters. The highest BCUT2D eigenvalue weighted by atomic mass is 16.7. The number of hydrogen-bond donors (Lipinski definition) is 1. The average Bonchev–Trinajstić information content (AvgIpc) is 3.09. The molecule has 0 aliphatic rings. The van der Waals surface area contributed by atoms with Crippen molar-refractivity contribution in [1.82, 2.24) is 4.57 Å². The van der Waals surface area contributed by atoms with E-state index < -0.39 is 5.97 Å². The third-order valence-electron chi connectivity index (χ3n) is 5.61. The Morgan fingerprint density at radius 3 is 2.13 bits per heavy atom. The molecule has 4 aromatic rings. The van der Waals surface area contributed by atoms with E-state index in [9.17, 15) is 9.59 Å². The third-order valence-corrected chi connectivity index (χ3v) is 5.61. The first-order chi connectivity index (χ1) is 14.9. The molecule has 0 radical (unpaired) electrons. The highest BCUT2D eigenvalue weighted by Crippen LogP contribution is 2.31. The number of carbonyl (C=O) groups is 2. The molecule has 0 fully saturated rings. The molecule has 156 valence electrons. The zero-order chi connectivity index (χ0) is 22.1. The number of ketones is 1. The van der Waals surface area contributed by atoms with Crippen molar-refractivity contribution in [2.24, 2.45) is 0 Å². The summed E-state index contributed by atoms with van der Waals surface area (Å²) in [6, 6.07) is 19.7. The van der Waals surface area contributed by atoms with Crippen LogP contribution >= 0.6 is 0 Å². The summed E-state index contributed by atoms with van der Waals surface area (Å²) in [5.41, 5.74) is 6.19. The Kier molecular flexibility index (Phi) is 5.42. The second kappa shape index (κ2) is 8.19. The van der Waals surface area contributed by atoms with Crippen LogP contribution < -0.4 is 5.16 Å². The molecule has 0 amide bonds. The first-order valence-electron chi connectivity index (χ1n) is 10.3. The predicted molar refractivity (Wildman–Crippen MR) is 122 cm³/mol. The van der Waals surface area contributed by atoms with Crippen LogP contribution in [0.5, 0.6) is 0 Å². The third kappa shape index (κ3) is 3.75. The summed E-state index contributed by atoms with van der Waals surface area (Å²) in [5.74, 6) is -0.379. The fourth-order valence-electron chi connectivity index (χ4n) is 4.01. The summed E-state index contributed by atoms with van der Waals surface area (Å²) in [4.78, 5) is 29.2. The van der Waals surface area contributed by atoms with E-state index in [4.69, 9.17) is 4.84 Å². The van der Waals surface area contributed by atoms with Gasteiger partial charge in [-0.1, -0.05) is 24.3 Å². The fourth-order valence-corrected chi connectivity index (χ4v) is 4.01. The Morgan fingerprint density at radius 1 is 0.903 bits per heavy atom. The van der Waals surface area contributed by atoms with Gasteiger partial charge in [0.05, 0.1) is 0 Å². The first-order valence-corrected chi connectivity index (χ1v) is 10.3. The van der Waals surface area contributed by atoms with Crippen LogP contribution in [-0.4, -0.2) is 22.0 Å². The van der Waals surface area contributed by atoms with E-state index in [0.717, 1.165) is 50.8 Å². The maximum Gasteiger partial charge on any atom is 0.376 e. The number of nitrogens with zero attached hydrogens (tertiary/aromatic N) is 1. The van der Waals surface area contributed by atoms with Crippen molar-refractivity contribution in [1.29, 1.82) is 0 Å². The van der Waals surface area contributed by atoms with Crippen LogP contribution in [0.25, 0.3) is 21.8 Å². The van der Waals surface area contributed by atoms with Gasteiger partial charge >= 0.3 is 5.97 Å². The van der Waals surface area contributed by atoms with E-state index in [1.54, 1.807) is 0 Å². The van der Waals surface area contributed by atoms with Crippen molar-refractivity contribution >= 4 is 39.3 Å². The lowest BCUT2D eigenvalue weighted by atomic mass is 9.97. The van der Waals surface area contributed by atoms with Crippen LogP contribution in [0.3, 0.4) is 0 Å². The molecule has 1 aromatic heterocycles. The molecule has 0 bridgehead atoms. The Bertz CT molecular complexity index is 1360. The minimum Gasteiger partial charge on any atom is -0.341 e. The fraction of sp³-hybridized carbons (Fsp3) is 0.192. The van der Waals surface area contributed by atoms with Gasteiger partial charge < -0.3 is 4.57 Å². The minimum absolute atomic E-state index is 0.0211. The number of carbonyl (C=O) groups excluding carboxylic acids is 2. The summed E-state index contributed by atoms with van der Waals surface area (Å²) in [5, 5.41) is 4.78. The summed E-state index contributed by atoms with van der Waals surface area (Å²) >= 11 is 0. The number of aryl methyl sites for hydroxylation is 2. The van der Waals surface area contributed by atoms with Gasteiger partial charge in [0, 0.05) is 58.9 Å². The molecule has 1 N–H and O–H groups in total. The normalized spacial score (nSPS) is 11.8. The summed E-state index contributed by atoms with van der Waals surface area (Å²) in [6.45, 7) is 8.09. The van der Waals surface area contributed by atoms with Gasteiger partial charge in [-0.25, -0.2) is 9.63 Å². The average molecular weight is 413 g/mol. The Hall–Kier alpha value is -3.73. The van der Waals surface area contributed by atoms with Crippen LogP contribution in [0.2, 0.25) is 0 Å². The van der Waals surface area contributed by atoms with Crippen molar-refractivity contribution < 1.29 is 19.6 Å². The quantitative estimate of drug-likeness (QED) is 0.235. The van der Waals surface area contributed by atoms with Crippen LogP contribution in [0, 0.1) is 6.92 Å². The SMILES string of the molecule is CCn1c2ccc(C(=O)c3ccccc3C)cc2c2cc(/C(C)=[NH+]/OC(C)=O)ccc21. The van der Waals surface area contributed by atoms with Crippen molar-refractivity contribution in [3.05, 3.63) is 82.9 Å². The monoisotopic (exact) mass is 413 g/mol. The lowest BCUT2D eigenvalue weighted by molar-refractivity contribution is -0.723. The molecule has 0 aliphatic carbocycles. The van der Waals surface area contributed by atoms with E-state index in [0.29, 0.717) is 5.56 Å². The van der Waals surface area contributed by atoms with Gasteiger partial charge in [-0.15, -0.1) is 0 Å². The number of fused-ring (bicyclic) bond motifs is 3. The molecule has 1 heterocycles. The second-order valence-corrected chi connectivity index (χ2v) is 7.67. The molecule has 5 nitrogen and oxygen atoms in total. The maximum absolute atomic E-state index is 13.2. The number of hydrogen-bond acceptors (Lipinski definition) is 3. The Balaban J connectivity index is 1.89. The molecule has 4 rings (SSSR count). The second-order valence-electron chi connectivity index (χ2n) is 7.67. The molecular formula is C26H25N2O3+. The molecule has 3 aromatic carbocycles. The van der Waals surface area contributed by atoms with Crippen molar-refractivity contribution in [3.8, 4) is 0 Å². The highest BCUT2D eigenvalue weighted by Gasteiger charge is 2.17. The van der Waals surface area contributed by atoms with E-state index in [1.165, 1.54) is 6.92 Å². The van der Waals surface area contributed by atoms with Gasteiger partial charge in [0.1, 0.15) is 0 Å². The van der Waals surface area contributed by atoms with Crippen LogP contribution in [0.15, 0.2) is 60.7 Å². The molecule has 0 spiro atoms. The van der Waals surface area contributed by atoms with Gasteiger partial charge in [-0.05, 0) is 61.0 Å².